The molecule has 1 amide bonds. The van der Waals surface area contributed by atoms with Crippen LogP contribution >= 0.6 is 0 Å². The van der Waals surface area contributed by atoms with Crippen molar-refractivity contribution in [1.82, 2.24) is 4.90 Å². The van der Waals surface area contributed by atoms with Crippen molar-refractivity contribution in [1.29, 1.82) is 0 Å². The molecule has 0 bridgehead atoms. The summed E-state index contributed by atoms with van der Waals surface area (Å²) in [6.45, 7) is 0.359. The van der Waals surface area contributed by atoms with Crippen molar-refractivity contribution in [2.45, 2.75) is 25.3 Å². The van der Waals surface area contributed by atoms with E-state index < -0.39 is 0 Å². The second-order valence-corrected chi connectivity index (χ2v) is 2.95. The van der Waals surface area contributed by atoms with E-state index in [0.29, 0.717) is 6.54 Å². The van der Waals surface area contributed by atoms with E-state index in [1.54, 1.807) is 4.90 Å². The van der Waals surface area contributed by atoms with Crippen molar-refractivity contribution in [3.8, 4) is 12.3 Å². The Morgan fingerprint density at radius 1 is 1.67 bits per heavy atom. The average molecular weight is 167 g/mol. The maximum Gasteiger partial charge on any atom is 0.298 e. The summed E-state index contributed by atoms with van der Waals surface area (Å²) in [5.74, 6) is 1.78. The van der Waals surface area contributed by atoms with Crippen molar-refractivity contribution in [2.24, 2.45) is 0 Å². The standard InChI is InChI=1S/C9H13NO2/c1-2-9(12)10(6-7-11)8-4-3-5-8/h1,8,11H,3-7H2. The second kappa shape index (κ2) is 4.13. The molecule has 1 fully saturated rings. The van der Waals surface area contributed by atoms with E-state index in [9.17, 15) is 4.79 Å². The molecular weight excluding hydrogens is 154 g/mol. The van der Waals surface area contributed by atoms with E-state index in [1.165, 1.54) is 0 Å². The Kier molecular flexibility index (Phi) is 3.12. The van der Waals surface area contributed by atoms with Gasteiger partial charge in [-0.2, -0.15) is 0 Å². The molecule has 0 spiro atoms. The van der Waals surface area contributed by atoms with Crippen LogP contribution in [0.5, 0.6) is 0 Å². The molecule has 0 aromatic heterocycles. The van der Waals surface area contributed by atoms with Gasteiger partial charge in [0, 0.05) is 12.6 Å². The predicted molar refractivity (Wildman–Crippen MR) is 45.3 cm³/mol. The van der Waals surface area contributed by atoms with Gasteiger partial charge in [-0.1, -0.05) is 0 Å². The van der Waals surface area contributed by atoms with Crippen molar-refractivity contribution < 1.29 is 9.90 Å². The van der Waals surface area contributed by atoms with Gasteiger partial charge >= 0.3 is 0 Å². The van der Waals surface area contributed by atoms with Crippen molar-refractivity contribution in [3.05, 3.63) is 0 Å². The van der Waals surface area contributed by atoms with Crippen LogP contribution in [-0.4, -0.2) is 35.1 Å². The summed E-state index contributed by atoms with van der Waals surface area (Å²) in [6.07, 6.45) is 8.20. The van der Waals surface area contributed by atoms with E-state index >= 15 is 0 Å². The molecule has 1 aliphatic carbocycles. The van der Waals surface area contributed by atoms with Crippen LogP contribution in [0, 0.1) is 12.3 Å². The zero-order valence-corrected chi connectivity index (χ0v) is 6.99. The fraction of sp³-hybridized carbons (Fsp3) is 0.667. The maximum atomic E-state index is 11.1. The molecule has 3 heteroatoms. The Morgan fingerprint density at radius 3 is 2.67 bits per heavy atom. The third kappa shape index (κ3) is 1.77. The van der Waals surface area contributed by atoms with E-state index in [0.717, 1.165) is 19.3 Å². The third-order valence-electron chi connectivity index (χ3n) is 2.24. The van der Waals surface area contributed by atoms with Gasteiger partial charge in [0.25, 0.3) is 5.91 Å². The zero-order valence-electron chi connectivity index (χ0n) is 6.99. The van der Waals surface area contributed by atoms with E-state index in [-0.39, 0.29) is 18.6 Å². The zero-order chi connectivity index (χ0) is 8.97. The minimum Gasteiger partial charge on any atom is -0.395 e. The Morgan fingerprint density at radius 2 is 2.33 bits per heavy atom. The highest BCUT2D eigenvalue weighted by Gasteiger charge is 2.27. The normalized spacial score (nSPS) is 16.3. The largest absolute Gasteiger partial charge is 0.395 e. The van der Waals surface area contributed by atoms with E-state index in [1.807, 2.05) is 0 Å². The molecule has 0 saturated heterocycles. The summed E-state index contributed by atoms with van der Waals surface area (Å²) in [7, 11) is 0. The monoisotopic (exact) mass is 167 g/mol. The molecule has 0 aromatic rings. The predicted octanol–water partition coefficient (Wildman–Crippen LogP) is -0.00700. The fourth-order valence-electron chi connectivity index (χ4n) is 1.34. The quantitative estimate of drug-likeness (QED) is 0.601. The molecule has 1 aliphatic rings. The summed E-state index contributed by atoms with van der Waals surface area (Å²) in [4.78, 5) is 12.7. The lowest BCUT2D eigenvalue weighted by atomic mass is 9.91. The van der Waals surface area contributed by atoms with Gasteiger partial charge in [-0.25, -0.2) is 0 Å². The first-order valence-corrected chi connectivity index (χ1v) is 4.17. The van der Waals surface area contributed by atoms with Crippen LogP contribution in [0.15, 0.2) is 0 Å². The van der Waals surface area contributed by atoms with Gasteiger partial charge in [-0.05, 0) is 25.2 Å². The number of carbonyl (C=O) groups is 1. The van der Waals surface area contributed by atoms with Gasteiger partial charge in [0.15, 0.2) is 0 Å². The third-order valence-corrected chi connectivity index (χ3v) is 2.24. The molecule has 66 valence electrons. The van der Waals surface area contributed by atoms with Crippen LogP contribution in [-0.2, 0) is 4.79 Å². The topological polar surface area (TPSA) is 40.5 Å². The van der Waals surface area contributed by atoms with Gasteiger partial charge in [0.2, 0.25) is 0 Å². The summed E-state index contributed by atoms with van der Waals surface area (Å²) in [5.41, 5.74) is 0. The molecule has 0 aliphatic heterocycles. The first-order chi connectivity index (χ1) is 5.79. The highest BCUT2D eigenvalue weighted by atomic mass is 16.3. The van der Waals surface area contributed by atoms with Gasteiger partial charge in [0.05, 0.1) is 6.61 Å². The lowest BCUT2D eigenvalue weighted by molar-refractivity contribution is -0.129. The van der Waals surface area contributed by atoms with Crippen LogP contribution in [0.3, 0.4) is 0 Å². The molecule has 1 saturated carbocycles. The summed E-state index contributed by atoms with van der Waals surface area (Å²) < 4.78 is 0. The van der Waals surface area contributed by atoms with Crippen molar-refractivity contribution >= 4 is 5.91 Å². The molecule has 1 N–H and O–H groups in total. The van der Waals surface area contributed by atoms with Crippen LogP contribution in [0.1, 0.15) is 19.3 Å². The number of aliphatic hydroxyl groups excluding tert-OH is 1. The minimum absolute atomic E-state index is 0.0100. The SMILES string of the molecule is C#CC(=O)N(CCO)C1CCC1. The van der Waals surface area contributed by atoms with Gasteiger partial charge in [0.1, 0.15) is 0 Å². The molecular formula is C9H13NO2. The average Bonchev–Trinajstić information content (AvgIpc) is 1.99. The highest BCUT2D eigenvalue weighted by molar-refractivity contribution is 5.93. The number of aliphatic hydroxyl groups is 1. The first-order valence-electron chi connectivity index (χ1n) is 4.17. The number of nitrogens with zero attached hydrogens (tertiary/aromatic N) is 1. The number of carbonyl (C=O) groups excluding carboxylic acids is 1. The summed E-state index contributed by atoms with van der Waals surface area (Å²) in [6, 6.07) is 0.278. The Balaban J connectivity index is 2.48. The van der Waals surface area contributed by atoms with Crippen LogP contribution < -0.4 is 0 Å². The molecule has 0 heterocycles. The van der Waals surface area contributed by atoms with Crippen molar-refractivity contribution in [2.75, 3.05) is 13.2 Å². The lowest BCUT2D eigenvalue weighted by Crippen LogP contribution is -2.45. The minimum atomic E-state index is -0.297. The van der Waals surface area contributed by atoms with Gasteiger partial charge < -0.3 is 10.0 Å². The smallest absolute Gasteiger partial charge is 0.298 e. The summed E-state index contributed by atoms with van der Waals surface area (Å²) >= 11 is 0. The Hall–Kier alpha value is -1.01. The number of amides is 1. The van der Waals surface area contributed by atoms with Crippen LogP contribution in [0.25, 0.3) is 0 Å². The van der Waals surface area contributed by atoms with E-state index in [4.69, 9.17) is 11.5 Å². The number of rotatable bonds is 3. The fourth-order valence-corrected chi connectivity index (χ4v) is 1.34. The molecule has 0 radical (unpaired) electrons. The Labute approximate surface area is 72.4 Å². The molecule has 0 unspecified atom stereocenters. The number of hydrogen-bond acceptors (Lipinski definition) is 2. The number of terminal acetylenes is 1. The Bertz CT molecular complexity index is 203. The van der Waals surface area contributed by atoms with Crippen LogP contribution in [0.4, 0.5) is 0 Å². The van der Waals surface area contributed by atoms with Gasteiger partial charge in [-0.15, -0.1) is 6.42 Å². The molecule has 3 nitrogen and oxygen atoms in total. The molecule has 12 heavy (non-hydrogen) atoms. The highest BCUT2D eigenvalue weighted by Crippen LogP contribution is 2.24. The second-order valence-electron chi connectivity index (χ2n) is 2.95. The van der Waals surface area contributed by atoms with Crippen LogP contribution in [0.2, 0.25) is 0 Å². The first kappa shape index (κ1) is 9.08. The molecule has 0 aromatic carbocycles. The van der Waals surface area contributed by atoms with Crippen molar-refractivity contribution in [3.63, 3.8) is 0 Å². The lowest BCUT2D eigenvalue weighted by Gasteiger charge is -2.35. The van der Waals surface area contributed by atoms with E-state index in [2.05, 4.69) is 5.92 Å². The number of hydrogen-bond donors (Lipinski definition) is 1. The molecule has 1 rings (SSSR count). The van der Waals surface area contributed by atoms with Gasteiger partial charge in [-0.3, -0.25) is 4.79 Å². The summed E-state index contributed by atoms with van der Waals surface area (Å²) in [5, 5.41) is 8.69. The maximum absolute atomic E-state index is 11.1. The molecule has 0 atom stereocenters.